The molecule has 1 saturated carbocycles. The summed E-state index contributed by atoms with van der Waals surface area (Å²) in [5.74, 6) is 0.844. The quantitative estimate of drug-likeness (QED) is 0.849. The Hall–Kier alpha value is -2.29. The second-order valence-corrected chi connectivity index (χ2v) is 7.42. The number of likely N-dealkylation sites (tertiary alicyclic amines) is 1. The standard InChI is InChI=1S/C21H24N4O/c1-26-21(17-7-9-24-20(10-17)11-22)18-5-2-6-19(21)15-25(14-18)13-16-4-3-8-23-12-16/h3-4,7-10,12,18-19H,2,5-6,13-15H2,1H3. The normalized spacial score (nSPS) is 28.5. The Morgan fingerprint density at radius 2 is 2.08 bits per heavy atom. The lowest BCUT2D eigenvalue weighted by atomic mass is 9.62. The first kappa shape index (κ1) is 17.1. The van der Waals surface area contributed by atoms with Crippen molar-refractivity contribution in [2.24, 2.45) is 11.8 Å². The minimum absolute atomic E-state index is 0.307. The van der Waals surface area contributed by atoms with Crippen LogP contribution >= 0.6 is 0 Å². The van der Waals surface area contributed by atoms with Crippen LogP contribution in [0, 0.1) is 23.2 Å². The van der Waals surface area contributed by atoms with Gasteiger partial charge in [-0.25, -0.2) is 4.98 Å². The zero-order valence-corrected chi connectivity index (χ0v) is 15.1. The molecule has 2 atom stereocenters. The van der Waals surface area contributed by atoms with E-state index in [-0.39, 0.29) is 5.60 Å². The van der Waals surface area contributed by atoms with E-state index in [0.717, 1.165) is 38.0 Å². The van der Waals surface area contributed by atoms with Gasteiger partial charge in [0.15, 0.2) is 0 Å². The molecule has 1 saturated heterocycles. The number of ether oxygens (including phenoxy) is 1. The van der Waals surface area contributed by atoms with Crippen LogP contribution in [0.15, 0.2) is 42.9 Å². The number of hydrogen-bond acceptors (Lipinski definition) is 5. The number of rotatable bonds is 4. The van der Waals surface area contributed by atoms with Gasteiger partial charge in [-0.05, 0) is 42.2 Å². The molecule has 0 N–H and O–H groups in total. The van der Waals surface area contributed by atoms with Crippen LogP contribution in [0.3, 0.4) is 0 Å². The highest BCUT2D eigenvalue weighted by molar-refractivity contribution is 5.32. The number of pyridine rings is 2. The third kappa shape index (κ3) is 2.90. The van der Waals surface area contributed by atoms with Gasteiger partial charge in [0.05, 0.1) is 0 Å². The van der Waals surface area contributed by atoms with Gasteiger partial charge in [0.1, 0.15) is 17.4 Å². The highest BCUT2D eigenvalue weighted by Crippen LogP contribution is 2.51. The fourth-order valence-corrected chi connectivity index (χ4v) is 5.06. The fraction of sp³-hybridized carbons (Fsp3) is 0.476. The van der Waals surface area contributed by atoms with Gasteiger partial charge < -0.3 is 4.74 Å². The molecular weight excluding hydrogens is 324 g/mol. The van der Waals surface area contributed by atoms with Gasteiger partial charge in [0.25, 0.3) is 0 Å². The minimum Gasteiger partial charge on any atom is -0.373 e. The van der Waals surface area contributed by atoms with Gasteiger partial charge in [0, 0.05) is 57.2 Å². The smallest absolute Gasteiger partial charge is 0.140 e. The van der Waals surface area contributed by atoms with E-state index in [1.807, 2.05) is 37.7 Å². The van der Waals surface area contributed by atoms with Crippen molar-refractivity contribution >= 4 is 0 Å². The Kier molecular flexibility index (Phi) is 4.71. The number of nitrogens with zero attached hydrogens (tertiary/aromatic N) is 4. The van der Waals surface area contributed by atoms with Crippen molar-refractivity contribution in [3.05, 3.63) is 59.7 Å². The van der Waals surface area contributed by atoms with Crippen LogP contribution in [-0.4, -0.2) is 35.1 Å². The zero-order valence-electron chi connectivity index (χ0n) is 15.1. The molecule has 0 spiro atoms. The monoisotopic (exact) mass is 348 g/mol. The lowest BCUT2D eigenvalue weighted by molar-refractivity contribution is -0.170. The van der Waals surface area contributed by atoms with Crippen LogP contribution < -0.4 is 0 Å². The first-order valence-electron chi connectivity index (χ1n) is 9.29. The summed E-state index contributed by atoms with van der Waals surface area (Å²) in [4.78, 5) is 10.9. The summed E-state index contributed by atoms with van der Waals surface area (Å²) >= 11 is 0. The third-order valence-corrected chi connectivity index (χ3v) is 6.07. The average Bonchev–Trinajstić information content (AvgIpc) is 2.68. The van der Waals surface area contributed by atoms with Gasteiger partial charge in [-0.3, -0.25) is 9.88 Å². The second-order valence-electron chi connectivity index (χ2n) is 7.42. The topological polar surface area (TPSA) is 62.0 Å². The molecule has 5 nitrogen and oxygen atoms in total. The summed E-state index contributed by atoms with van der Waals surface area (Å²) in [6, 6.07) is 10.3. The highest BCUT2D eigenvalue weighted by Gasteiger charge is 2.53. The van der Waals surface area contributed by atoms with Gasteiger partial charge in [0.2, 0.25) is 0 Å². The molecule has 0 aromatic carbocycles. The number of aromatic nitrogens is 2. The first-order chi connectivity index (χ1) is 12.8. The Labute approximate surface area is 154 Å². The Morgan fingerprint density at radius 3 is 2.73 bits per heavy atom. The number of methoxy groups -OCH3 is 1. The third-order valence-electron chi connectivity index (χ3n) is 6.07. The van der Waals surface area contributed by atoms with E-state index in [1.165, 1.54) is 12.0 Å². The summed E-state index contributed by atoms with van der Waals surface area (Å²) in [5.41, 5.74) is 2.53. The summed E-state index contributed by atoms with van der Waals surface area (Å²) < 4.78 is 6.25. The minimum atomic E-state index is -0.307. The Bertz CT molecular complexity index is 787. The molecule has 26 heavy (non-hydrogen) atoms. The van der Waals surface area contributed by atoms with E-state index in [0.29, 0.717) is 17.5 Å². The van der Waals surface area contributed by atoms with Crippen LogP contribution in [0.4, 0.5) is 0 Å². The molecule has 4 rings (SSSR count). The fourth-order valence-electron chi connectivity index (χ4n) is 5.06. The van der Waals surface area contributed by atoms with Gasteiger partial charge >= 0.3 is 0 Å². The first-order valence-corrected chi connectivity index (χ1v) is 9.29. The van der Waals surface area contributed by atoms with Gasteiger partial charge in [-0.1, -0.05) is 12.5 Å². The average molecular weight is 348 g/mol. The highest BCUT2D eigenvalue weighted by atomic mass is 16.5. The molecule has 2 aliphatic rings. The van der Waals surface area contributed by atoms with Crippen LogP contribution in [0.5, 0.6) is 0 Å². The van der Waals surface area contributed by atoms with E-state index >= 15 is 0 Å². The summed E-state index contributed by atoms with van der Waals surface area (Å²) in [6.07, 6.45) is 9.07. The molecule has 1 aliphatic heterocycles. The largest absolute Gasteiger partial charge is 0.373 e. The zero-order chi connectivity index (χ0) is 18.0. The molecule has 2 bridgehead atoms. The van der Waals surface area contributed by atoms with Crippen molar-refractivity contribution in [1.29, 1.82) is 5.26 Å². The van der Waals surface area contributed by atoms with Crippen molar-refractivity contribution in [2.75, 3.05) is 20.2 Å². The molecular formula is C21H24N4O. The number of nitriles is 1. The van der Waals surface area contributed by atoms with Crippen LogP contribution in [0.1, 0.15) is 36.1 Å². The Balaban J connectivity index is 1.64. The van der Waals surface area contributed by atoms with E-state index in [9.17, 15) is 5.26 Å². The maximum absolute atomic E-state index is 9.26. The number of piperidine rings is 1. The predicted molar refractivity (Wildman–Crippen MR) is 98.0 cm³/mol. The molecule has 2 aromatic heterocycles. The van der Waals surface area contributed by atoms with E-state index in [4.69, 9.17) is 4.74 Å². The van der Waals surface area contributed by atoms with E-state index in [2.05, 4.69) is 27.0 Å². The Morgan fingerprint density at radius 1 is 1.27 bits per heavy atom. The molecule has 3 heterocycles. The summed E-state index contributed by atoms with van der Waals surface area (Å²) in [7, 11) is 1.83. The summed E-state index contributed by atoms with van der Waals surface area (Å²) in [6.45, 7) is 2.94. The molecule has 0 amide bonds. The molecule has 2 aromatic rings. The number of fused-ring (bicyclic) bond motifs is 2. The van der Waals surface area contributed by atoms with Crippen LogP contribution in [0.25, 0.3) is 0 Å². The van der Waals surface area contributed by atoms with Crippen molar-refractivity contribution in [2.45, 2.75) is 31.4 Å². The maximum Gasteiger partial charge on any atom is 0.140 e. The molecule has 2 fully saturated rings. The maximum atomic E-state index is 9.26. The molecule has 2 unspecified atom stereocenters. The summed E-state index contributed by atoms with van der Waals surface area (Å²) in [5, 5.41) is 9.26. The van der Waals surface area contributed by atoms with Crippen molar-refractivity contribution in [3.8, 4) is 6.07 Å². The van der Waals surface area contributed by atoms with Crippen LogP contribution in [0.2, 0.25) is 0 Å². The SMILES string of the molecule is COC1(c2ccnc(C#N)c2)C2CCCC1CN(Cc1cccnc1)C2. The lowest BCUT2D eigenvalue weighted by Gasteiger charge is -2.55. The van der Waals surface area contributed by atoms with E-state index in [1.54, 1.807) is 6.20 Å². The number of hydrogen-bond donors (Lipinski definition) is 0. The molecule has 1 aliphatic carbocycles. The van der Waals surface area contributed by atoms with Gasteiger partial charge in [-0.2, -0.15) is 5.26 Å². The van der Waals surface area contributed by atoms with Crippen molar-refractivity contribution < 1.29 is 4.74 Å². The predicted octanol–water partition coefficient (Wildman–Crippen LogP) is 3.12. The van der Waals surface area contributed by atoms with Gasteiger partial charge in [-0.15, -0.1) is 0 Å². The molecule has 5 heteroatoms. The molecule has 0 radical (unpaired) electrons. The second kappa shape index (κ2) is 7.14. The van der Waals surface area contributed by atoms with Crippen molar-refractivity contribution in [3.63, 3.8) is 0 Å². The van der Waals surface area contributed by atoms with E-state index < -0.39 is 0 Å². The lowest BCUT2D eigenvalue weighted by Crippen LogP contribution is -2.58. The van der Waals surface area contributed by atoms with Crippen molar-refractivity contribution in [1.82, 2.24) is 14.9 Å². The van der Waals surface area contributed by atoms with Crippen LogP contribution in [-0.2, 0) is 16.9 Å². The molecule has 134 valence electrons.